The molecule has 2 atom stereocenters. The van der Waals surface area contributed by atoms with Crippen molar-refractivity contribution in [2.75, 3.05) is 12.4 Å². The highest BCUT2D eigenvalue weighted by molar-refractivity contribution is 8.13. The van der Waals surface area contributed by atoms with E-state index in [2.05, 4.69) is 6.92 Å². The SMILES string of the molecule is CCC(COC(C)C1CC1)CS(=O)(=O)Cl. The molecule has 1 aliphatic carbocycles. The molecule has 0 radical (unpaired) electrons. The van der Waals surface area contributed by atoms with E-state index < -0.39 is 9.05 Å². The molecule has 0 N–H and O–H groups in total. The Kier molecular flexibility index (Phi) is 4.87. The average Bonchev–Trinajstić information content (AvgIpc) is 2.92. The largest absolute Gasteiger partial charge is 0.378 e. The fourth-order valence-corrected chi connectivity index (χ4v) is 2.98. The van der Waals surface area contributed by atoms with Gasteiger partial charge in [0.25, 0.3) is 0 Å². The zero-order valence-corrected chi connectivity index (χ0v) is 10.9. The van der Waals surface area contributed by atoms with Crippen LogP contribution in [0.5, 0.6) is 0 Å². The number of hydrogen-bond acceptors (Lipinski definition) is 3. The van der Waals surface area contributed by atoms with Gasteiger partial charge in [0.05, 0.1) is 18.5 Å². The van der Waals surface area contributed by atoms with E-state index in [4.69, 9.17) is 15.4 Å². The van der Waals surface area contributed by atoms with E-state index in [-0.39, 0.29) is 17.8 Å². The molecule has 5 heteroatoms. The van der Waals surface area contributed by atoms with Gasteiger partial charge in [0.1, 0.15) is 0 Å². The Morgan fingerprint density at radius 3 is 2.47 bits per heavy atom. The second kappa shape index (κ2) is 5.51. The maximum absolute atomic E-state index is 10.9. The van der Waals surface area contributed by atoms with E-state index in [9.17, 15) is 8.42 Å². The summed E-state index contributed by atoms with van der Waals surface area (Å²) >= 11 is 0. The molecule has 2 unspecified atom stereocenters. The average molecular weight is 255 g/mol. The summed E-state index contributed by atoms with van der Waals surface area (Å²) in [6.07, 6.45) is 3.53. The van der Waals surface area contributed by atoms with Crippen molar-refractivity contribution < 1.29 is 13.2 Å². The molecule has 0 amide bonds. The quantitative estimate of drug-likeness (QED) is 0.656. The molecule has 0 spiro atoms. The normalized spacial score (nSPS) is 21.3. The minimum atomic E-state index is -3.40. The molecule has 90 valence electrons. The molecule has 0 aromatic carbocycles. The Hall–Kier alpha value is 0.200. The van der Waals surface area contributed by atoms with E-state index in [1.54, 1.807) is 0 Å². The molecule has 1 saturated carbocycles. The van der Waals surface area contributed by atoms with Crippen LogP contribution in [0.1, 0.15) is 33.1 Å². The van der Waals surface area contributed by atoms with Gasteiger partial charge in [0.2, 0.25) is 9.05 Å². The molecular weight excluding hydrogens is 236 g/mol. The summed E-state index contributed by atoms with van der Waals surface area (Å²) in [6.45, 7) is 4.51. The maximum atomic E-state index is 10.9. The Morgan fingerprint density at radius 1 is 1.47 bits per heavy atom. The Balaban J connectivity index is 2.26. The van der Waals surface area contributed by atoms with Crippen LogP contribution in [0.15, 0.2) is 0 Å². The Morgan fingerprint density at radius 2 is 2.07 bits per heavy atom. The summed E-state index contributed by atoms with van der Waals surface area (Å²) in [5, 5.41) is 0. The third kappa shape index (κ3) is 5.73. The molecule has 3 nitrogen and oxygen atoms in total. The third-order valence-corrected chi connectivity index (χ3v) is 4.14. The van der Waals surface area contributed by atoms with Gasteiger partial charge in [0.15, 0.2) is 0 Å². The van der Waals surface area contributed by atoms with Gasteiger partial charge in [-0.2, -0.15) is 0 Å². The minimum absolute atomic E-state index is 0.0163. The zero-order chi connectivity index (χ0) is 11.5. The van der Waals surface area contributed by atoms with Gasteiger partial charge in [0, 0.05) is 10.7 Å². The minimum Gasteiger partial charge on any atom is -0.378 e. The highest BCUT2D eigenvalue weighted by Crippen LogP contribution is 2.34. The van der Waals surface area contributed by atoms with E-state index in [0.29, 0.717) is 12.5 Å². The molecule has 0 aromatic rings. The Bertz CT molecular complexity index is 285. The lowest BCUT2D eigenvalue weighted by molar-refractivity contribution is 0.0308. The molecule has 1 fully saturated rings. The van der Waals surface area contributed by atoms with Crippen LogP contribution in [-0.2, 0) is 13.8 Å². The van der Waals surface area contributed by atoms with E-state index >= 15 is 0 Å². The predicted molar refractivity (Wildman–Crippen MR) is 61.6 cm³/mol. The van der Waals surface area contributed by atoms with Crippen molar-refractivity contribution in [3.05, 3.63) is 0 Å². The van der Waals surface area contributed by atoms with Crippen LogP contribution >= 0.6 is 10.7 Å². The first-order chi connectivity index (χ1) is 6.92. The van der Waals surface area contributed by atoms with Crippen molar-refractivity contribution in [1.29, 1.82) is 0 Å². The number of halogens is 1. The van der Waals surface area contributed by atoms with Crippen molar-refractivity contribution in [2.24, 2.45) is 11.8 Å². The third-order valence-electron chi connectivity index (χ3n) is 2.89. The first-order valence-corrected chi connectivity index (χ1v) is 7.94. The first-order valence-electron chi connectivity index (χ1n) is 5.46. The topological polar surface area (TPSA) is 43.4 Å². The monoisotopic (exact) mass is 254 g/mol. The van der Waals surface area contributed by atoms with Gasteiger partial charge >= 0.3 is 0 Å². The summed E-state index contributed by atoms with van der Waals surface area (Å²) in [6, 6.07) is 0. The summed E-state index contributed by atoms with van der Waals surface area (Å²) in [7, 11) is 1.82. The van der Waals surface area contributed by atoms with Crippen LogP contribution in [0.25, 0.3) is 0 Å². The zero-order valence-electron chi connectivity index (χ0n) is 9.28. The fraction of sp³-hybridized carbons (Fsp3) is 1.00. The molecule has 0 aliphatic heterocycles. The highest BCUT2D eigenvalue weighted by Gasteiger charge is 2.29. The molecule has 0 heterocycles. The van der Waals surface area contributed by atoms with Crippen molar-refractivity contribution in [1.82, 2.24) is 0 Å². The summed E-state index contributed by atoms with van der Waals surface area (Å²) < 4.78 is 27.4. The van der Waals surface area contributed by atoms with E-state index in [0.717, 1.165) is 6.42 Å². The van der Waals surface area contributed by atoms with Crippen LogP contribution in [0, 0.1) is 11.8 Å². The number of rotatable bonds is 7. The number of ether oxygens (including phenoxy) is 1. The molecule has 0 aromatic heterocycles. The van der Waals surface area contributed by atoms with Gasteiger partial charge in [-0.25, -0.2) is 8.42 Å². The molecule has 0 saturated heterocycles. The molecule has 15 heavy (non-hydrogen) atoms. The number of hydrogen-bond donors (Lipinski definition) is 0. The van der Waals surface area contributed by atoms with Gasteiger partial charge < -0.3 is 4.74 Å². The lowest BCUT2D eigenvalue weighted by atomic mass is 10.1. The van der Waals surface area contributed by atoms with Crippen molar-refractivity contribution in [3.63, 3.8) is 0 Å². The smallest absolute Gasteiger partial charge is 0.232 e. The van der Waals surface area contributed by atoms with Crippen LogP contribution in [-0.4, -0.2) is 26.9 Å². The predicted octanol–water partition coefficient (Wildman–Crippen LogP) is 2.40. The molecule has 1 aliphatic rings. The second-order valence-corrected chi connectivity index (χ2v) is 7.18. The highest BCUT2D eigenvalue weighted by atomic mass is 35.7. The van der Waals surface area contributed by atoms with Crippen LogP contribution in [0.3, 0.4) is 0 Å². The summed E-state index contributed by atoms with van der Waals surface area (Å²) in [5.74, 6) is 0.728. The molecule has 1 rings (SSSR count). The van der Waals surface area contributed by atoms with Gasteiger partial charge in [-0.1, -0.05) is 13.3 Å². The lowest BCUT2D eigenvalue weighted by Gasteiger charge is -2.17. The molecule has 0 bridgehead atoms. The van der Waals surface area contributed by atoms with Crippen LogP contribution in [0.2, 0.25) is 0 Å². The summed E-state index contributed by atoms with van der Waals surface area (Å²) in [4.78, 5) is 0. The van der Waals surface area contributed by atoms with Crippen molar-refractivity contribution in [3.8, 4) is 0 Å². The van der Waals surface area contributed by atoms with Crippen LogP contribution in [0.4, 0.5) is 0 Å². The van der Waals surface area contributed by atoms with E-state index in [1.165, 1.54) is 12.8 Å². The molecular formula is C10H19ClO3S. The van der Waals surface area contributed by atoms with Crippen molar-refractivity contribution in [2.45, 2.75) is 39.2 Å². The Labute approximate surface area is 96.6 Å². The van der Waals surface area contributed by atoms with Crippen molar-refractivity contribution >= 4 is 19.7 Å². The lowest BCUT2D eigenvalue weighted by Crippen LogP contribution is -2.21. The van der Waals surface area contributed by atoms with Gasteiger partial charge in [-0.05, 0) is 31.6 Å². The maximum Gasteiger partial charge on any atom is 0.232 e. The van der Waals surface area contributed by atoms with E-state index in [1.807, 2.05) is 6.92 Å². The fourth-order valence-electron chi connectivity index (χ4n) is 1.55. The van der Waals surface area contributed by atoms with Crippen LogP contribution < -0.4 is 0 Å². The summed E-state index contributed by atoms with van der Waals surface area (Å²) in [5.41, 5.74) is 0. The standard InChI is InChI=1S/C10H19ClO3S/c1-3-9(7-15(11,12)13)6-14-8(2)10-4-5-10/h8-10H,3-7H2,1-2H3. The van der Waals surface area contributed by atoms with Gasteiger partial charge in [-0.3, -0.25) is 0 Å². The second-order valence-electron chi connectivity index (χ2n) is 4.36. The van der Waals surface area contributed by atoms with Gasteiger partial charge in [-0.15, -0.1) is 0 Å². The first kappa shape index (κ1) is 13.3.